The molecule has 2 heterocycles. The van der Waals surface area contributed by atoms with Crippen molar-refractivity contribution in [3.8, 4) is 0 Å². The quantitative estimate of drug-likeness (QED) is 0.569. The van der Waals surface area contributed by atoms with E-state index in [9.17, 15) is 18.0 Å². The third-order valence-electron chi connectivity index (χ3n) is 4.95. The molecule has 0 saturated carbocycles. The Labute approximate surface area is 183 Å². The van der Waals surface area contributed by atoms with E-state index in [0.717, 1.165) is 9.75 Å². The summed E-state index contributed by atoms with van der Waals surface area (Å²) in [6, 6.07) is 8.58. The summed E-state index contributed by atoms with van der Waals surface area (Å²) in [7, 11) is -3.61. The van der Waals surface area contributed by atoms with E-state index in [4.69, 9.17) is 0 Å². The van der Waals surface area contributed by atoms with Crippen LogP contribution in [0.2, 0.25) is 0 Å². The van der Waals surface area contributed by atoms with Crippen molar-refractivity contribution in [1.82, 2.24) is 9.21 Å². The highest BCUT2D eigenvalue weighted by Gasteiger charge is 2.31. The summed E-state index contributed by atoms with van der Waals surface area (Å²) >= 11 is 4.87. The van der Waals surface area contributed by atoms with Gasteiger partial charge < -0.3 is 4.90 Å². The molecule has 0 atom stereocenters. The Morgan fingerprint density at radius 1 is 1.07 bits per heavy atom. The Morgan fingerprint density at radius 3 is 2.31 bits per heavy atom. The second-order valence-electron chi connectivity index (χ2n) is 6.97. The lowest BCUT2D eigenvalue weighted by Gasteiger charge is -2.34. The van der Waals surface area contributed by atoms with E-state index in [0.29, 0.717) is 23.1 Å². The number of amides is 1. The topological polar surface area (TPSA) is 74.8 Å². The summed E-state index contributed by atoms with van der Waals surface area (Å²) in [5.41, 5.74) is 0.699. The molecule has 29 heavy (non-hydrogen) atoms. The second kappa shape index (κ2) is 9.07. The van der Waals surface area contributed by atoms with E-state index in [-0.39, 0.29) is 42.5 Å². The molecule has 1 aliphatic rings. The van der Waals surface area contributed by atoms with Gasteiger partial charge in [-0.3, -0.25) is 9.59 Å². The molecule has 1 aliphatic heterocycles. The van der Waals surface area contributed by atoms with Gasteiger partial charge in [0.15, 0.2) is 5.78 Å². The molecule has 3 rings (SSSR count). The molecule has 1 aromatic heterocycles. The molecule has 6 nitrogen and oxygen atoms in total. The molecular formula is C20H23BrN2O4S2. The number of aryl methyl sites for hydroxylation is 2. The van der Waals surface area contributed by atoms with Crippen molar-refractivity contribution in [2.45, 2.75) is 31.6 Å². The van der Waals surface area contributed by atoms with E-state index in [1.807, 2.05) is 19.9 Å². The smallest absolute Gasteiger partial charge is 0.244 e. The van der Waals surface area contributed by atoms with Crippen molar-refractivity contribution < 1.29 is 18.0 Å². The molecule has 9 heteroatoms. The van der Waals surface area contributed by atoms with Gasteiger partial charge in [0.1, 0.15) is 0 Å². The number of carbonyl (C=O) groups excluding carboxylic acids is 2. The second-order valence-corrected chi connectivity index (χ2v) is 11.2. The van der Waals surface area contributed by atoms with Crippen molar-refractivity contribution in [2.75, 3.05) is 26.2 Å². The number of nitrogens with zero attached hydrogens (tertiary/aromatic N) is 2. The number of carbonyl (C=O) groups is 2. The summed E-state index contributed by atoms with van der Waals surface area (Å²) in [4.78, 5) is 28.8. The van der Waals surface area contributed by atoms with Crippen LogP contribution in [0.3, 0.4) is 0 Å². The number of Topliss-reactive ketones (excluding diaryl/α,β-unsaturated/α-hetero) is 1. The first-order chi connectivity index (χ1) is 13.7. The van der Waals surface area contributed by atoms with Gasteiger partial charge in [-0.25, -0.2) is 8.42 Å². The molecule has 156 valence electrons. The molecule has 0 bridgehead atoms. The zero-order chi connectivity index (χ0) is 21.2. The highest BCUT2D eigenvalue weighted by molar-refractivity contribution is 9.10. The Bertz CT molecular complexity index is 1020. The maximum Gasteiger partial charge on any atom is 0.244 e. The molecule has 1 aromatic carbocycles. The van der Waals surface area contributed by atoms with Gasteiger partial charge >= 0.3 is 0 Å². The largest absolute Gasteiger partial charge is 0.340 e. The summed E-state index contributed by atoms with van der Waals surface area (Å²) in [6.45, 7) is 5.01. The van der Waals surface area contributed by atoms with Crippen LogP contribution in [0.25, 0.3) is 0 Å². The van der Waals surface area contributed by atoms with Gasteiger partial charge in [-0.15, -0.1) is 11.3 Å². The molecule has 0 radical (unpaired) electrons. The Hall–Kier alpha value is -1.55. The molecule has 1 saturated heterocycles. The van der Waals surface area contributed by atoms with Crippen molar-refractivity contribution in [3.05, 3.63) is 50.1 Å². The van der Waals surface area contributed by atoms with Gasteiger partial charge in [-0.2, -0.15) is 4.31 Å². The van der Waals surface area contributed by atoms with Gasteiger partial charge in [0.05, 0.1) is 4.90 Å². The van der Waals surface area contributed by atoms with Gasteiger partial charge in [0.2, 0.25) is 15.9 Å². The van der Waals surface area contributed by atoms with Crippen LogP contribution in [-0.2, 0) is 14.8 Å². The zero-order valence-corrected chi connectivity index (χ0v) is 19.6. The van der Waals surface area contributed by atoms with Crippen molar-refractivity contribution in [3.63, 3.8) is 0 Å². The average molecular weight is 499 g/mol. The number of thiophene rings is 1. The van der Waals surface area contributed by atoms with E-state index in [1.165, 1.54) is 4.31 Å². The lowest BCUT2D eigenvalue weighted by molar-refractivity contribution is -0.132. The van der Waals surface area contributed by atoms with Crippen molar-refractivity contribution >= 4 is 49.0 Å². The van der Waals surface area contributed by atoms with Crippen LogP contribution < -0.4 is 0 Å². The standard InChI is InChI=1S/C20H23BrN2O4S2/c1-14-13-16(15(2)28-14)18(24)7-8-20(25)22-9-11-23(12-10-22)29(26,27)19-6-4-3-5-17(19)21/h3-6,13H,7-12H2,1-2H3. The predicted molar refractivity (Wildman–Crippen MR) is 117 cm³/mol. The van der Waals surface area contributed by atoms with Gasteiger partial charge in [0, 0.05) is 58.8 Å². The number of halogens is 1. The number of benzene rings is 1. The van der Waals surface area contributed by atoms with Crippen LogP contribution in [0.15, 0.2) is 39.7 Å². The lowest BCUT2D eigenvalue weighted by atomic mass is 10.1. The molecule has 1 amide bonds. The molecule has 0 aliphatic carbocycles. The SMILES string of the molecule is Cc1cc(C(=O)CCC(=O)N2CCN(S(=O)(=O)c3ccccc3Br)CC2)c(C)s1. The maximum absolute atomic E-state index is 12.8. The average Bonchev–Trinajstić information content (AvgIpc) is 3.04. The molecule has 1 fully saturated rings. The molecular weight excluding hydrogens is 476 g/mol. The van der Waals surface area contributed by atoms with Gasteiger partial charge in [0.25, 0.3) is 0 Å². The molecule has 2 aromatic rings. The van der Waals surface area contributed by atoms with Crippen LogP contribution in [0.5, 0.6) is 0 Å². The minimum absolute atomic E-state index is 0.0182. The lowest BCUT2D eigenvalue weighted by Crippen LogP contribution is -2.50. The summed E-state index contributed by atoms with van der Waals surface area (Å²) in [5.74, 6) is -0.128. The number of rotatable bonds is 6. The van der Waals surface area contributed by atoms with Crippen molar-refractivity contribution in [1.29, 1.82) is 0 Å². The van der Waals surface area contributed by atoms with Crippen LogP contribution in [0.4, 0.5) is 0 Å². The normalized spacial score (nSPS) is 15.5. The van der Waals surface area contributed by atoms with Crippen LogP contribution in [-0.4, -0.2) is 55.5 Å². The van der Waals surface area contributed by atoms with Gasteiger partial charge in [-0.1, -0.05) is 12.1 Å². The molecule has 0 unspecified atom stereocenters. The fraction of sp³-hybridized carbons (Fsp3) is 0.400. The van der Waals surface area contributed by atoms with E-state index >= 15 is 0 Å². The van der Waals surface area contributed by atoms with E-state index in [1.54, 1.807) is 40.5 Å². The third kappa shape index (κ3) is 4.96. The van der Waals surface area contributed by atoms with E-state index in [2.05, 4.69) is 15.9 Å². The monoisotopic (exact) mass is 498 g/mol. The third-order valence-corrected chi connectivity index (χ3v) is 8.83. The minimum atomic E-state index is -3.61. The fourth-order valence-electron chi connectivity index (χ4n) is 3.39. The summed E-state index contributed by atoms with van der Waals surface area (Å²) in [5, 5.41) is 0. The number of hydrogen-bond acceptors (Lipinski definition) is 5. The summed E-state index contributed by atoms with van der Waals surface area (Å²) in [6.07, 6.45) is 0.315. The first-order valence-electron chi connectivity index (χ1n) is 9.33. The number of sulfonamides is 1. The highest BCUT2D eigenvalue weighted by Crippen LogP contribution is 2.26. The number of piperazine rings is 1. The maximum atomic E-state index is 12.8. The Morgan fingerprint density at radius 2 is 1.72 bits per heavy atom. The zero-order valence-electron chi connectivity index (χ0n) is 16.4. The van der Waals surface area contributed by atoms with Crippen LogP contribution in [0, 0.1) is 13.8 Å². The Balaban J connectivity index is 1.55. The molecule has 0 N–H and O–H groups in total. The Kier molecular flexibility index (Phi) is 6.93. The summed E-state index contributed by atoms with van der Waals surface area (Å²) < 4.78 is 27.6. The molecule has 0 spiro atoms. The highest BCUT2D eigenvalue weighted by atomic mass is 79.9. The minimum Gasteiger partial charge on any atom is -0.340 e. The first-order valence-corrected chi connectivity index (χ1v) is 12.4. The fourth-order valence-corrected chi connectivity index (χ4v) is 6.72. The number of ketones is 1. The number of hydrogen-bond donors (Lipinski definition) is 0. The van der Waals surface area contributed by atoms with Crippen molar-refractivity contribution in [2.24, 2.45) is 0 Å². The van der Waals surface area contributed by atoms with Gasteiger partial charge in [-0.05, 0) is 48.0 Å². The van der Waals surface area contributed by atoms with Crippen LogP contribution in [0.1, 0.15) is 33.0 Å². The predicted octanol–water partition coefficient (Wildman–Crippen LogP) is 3.62. The first kappa shape index (κ1) is 22.1. The van der Waals surface area contributed by atoms with E-state index < -0.39 is 10.0 Å². The van der Waals surface area contributed by atoms with Crippen LogP contribution >= 0.6 is 27.3 Å².